The van der Waals surface area contributed by atoms with Gasteiger partial charge in [-0.3, -0.25) is 4.79 Å². The average Bonchev–Trinajstić information content (AvgIpc) is 3.33. The summed E-state index contributed by atoms with van der Waals surface area (Å²) in [4.78, 5) is 21.8. The molecule has 5 rings (SSSR count). The first-order valence-corrected chi connectivity index (χ1v) is 14.4. The molecule has 3 aromatic rings. The molecule has 0 bridgehead atoms. The zero-order chi connectivity index (χ0) is 30.9. The van der Waals surface area contributed by atoms with Crippen molar-refractivity contribution in [1.82, 2.24) is 15.3 Å². The number of carbonyl (C=O) groups is 1. The standard InChI is InChI=1S/C30H33ClF3N5O4/c1-2-23-29(15-22(36-23)27(41)42)8-10-39(11-9-29)24-14-25(38-28(35)37-24)43-26(30(32,33)34)20-7-6-19(31)13-21(20)18-5-3-4-17(12-18)16-40/h3-7,12-14,22-23,26,36,40H,2,8-11,15-16H2,1H3,(H,41,42)(H2,35,37,38)/t22?,23-,26+/m0/s1. The highest BCUT2D eigenvalue weighted by Crippen LogP contribution is 2.46. The molecule has 0 radical (unpaired) electrons. The highest BCUT2D eigenvalue weighted by atomic mass is 35.5. The Bertz CT molecular complexity index is 1480. The first-order chi connectivity index (χ1) is 20.4. The fourth-order valence-corrected chi connectivity index (χ4v) is 6.57. The van der Waals surface area contributed by atoms with E-state index >= 15 is 0 Å². The molecule has 0 amide bonds. The molecule has 13 heteroatoms. The highest BCUT2D eigenvalue weighted by molar-refractivity contribution is 6.30. The number of nitrogens with one attached hydrogen (secondary N) is 1. The summed E-state index contributed by atoms with van der Waals surface area (Å²) in [5.41, 5.74) is 6.74. The van der Waals surface area contributed by atoms with Gasteiger partial charge in [0.05, 0.1) is 6.61 Å². The van der Waals surface area contributed by atoms with Crippen LogP contribution >= 0.6 is 11.6 Å². The van der Waals surface area contributed by atoms with Crippen molar-refractivity contribution in [2.24, 2.45) is 5.41 Å². The van der Waals surface area contributed by atoms with E-state index in [-0.39, 0.29) is 46.0 Å². The number of benzene rings is 2. The van der Waals surface area contributed by atoms with Crippen LogP contribution in [0.3, 0.4) is 0 Å². The molecule has 1 unspecified atom stereocenters. The Labute approximate surface area is 251 Å². The first kappa shape index (κ1) is 30.8. The number of nitrogens with zero attached hydrogens (tertiary/aromatic N) is 3. The summed E-state index contributed by atoms with van der Waals surface area (Å²) in [6.45, 7) is 2.79. The van der Waals surface area contributed by atoms with Crippen LogP contribution in [-0.2, 0) is 11.4 Å². The predicted octanol–water partition coefficient (Wildman–Crippen LogP) is 5.37. The lowest BCUT2D eigenvalue weighted by Crippen LogP contribution is -2.46. The predicted molar refractivity (Wildman–Crippen MR) is 156 cm³/mol. The number of hydrogen-bond donors (Lipinski definition) is 4. The largest absolute Gasteiger partial charge is 0.480 e. The Hall–Kier alpha value is -3.61. The van der Waals surface area contributed by atoms with Gasteiger partial charge in [-0.2, -0.15) is 23.1 Å². The number of piperidine rings is 1. The molecule has 0 aliphatic carbocycles. The van der Waals surface area contributed by atoms with Crippen molar-refractivity contribution < 1.29 is 32.9 Å². The molecule has 2 aliphatic rings. The Morgan fingerprint density at radius 1 is 1.21 bits per heavy atom. The topological polar surface area (TPSA) is 134 Å². The quantitative estimate of drug-likeness (QED) is 0.263. The van der Waals surface area contributed by atoms with Crippen LogP contribution in [0.15, 0.2) is 48.5 Å². The molecule has 0 saturated carbocycles. The van der Waals surface area contributed by atoms with E-state index in [1.807, 2.05) is 11.8 Å². The molecule has 2 fully saturated rings. The minimum Gasteiger partial charge on any atom is -0.480 e. The molecule has 1 aromatic heterocycles. The molecule has 1 spiro atoms. The number of carboxylic acid groups (broad SMARTS) is 1. The van der Waals surface area contributed by atoms with Crippen molar-refractivity contribution in [3.05, 3.63) is 64.7 Å². The summed E-state index contributed by atoms with van der Waals surface area (Å²) in [5, 5.41) is 22.6. The molecule has 2 saturated heterocycles. The number of halogens is 4. The van der Waals surface area contributed by atoms with Crippen molar-refractivity contribution in [2.45, 2.75) is 63.6 Å². The van der Waals surface area contributed by atoms with E-state index in [9.17, 15) is 28.2 Å². The molecule has 43 heavy (non-hydrogen) atoms. The summed E-state index contributed by atoms with van der Waals surface area (Å²) in [5.74, 6) is -1.11. The molecular weight excluding hydrogens is 587 g/mol. The second kappa shape index (κ2) is 12.2. The Kier molecular flexibility index (Phi) is 8.73. The lowest BCUT2D eigenvalue weighted by molar-refractivity contribution is -0.198. The molecule has 5 N–H and O–H groups in total. The third kappa shape index (κ3) is 6.51. The van der Waals surface area contributed by atoms with Crippen LogP contribution in [0.4, 0.5) is 24.9 Å². The number of anilines is 2. The van der Waals surface area contributed by atoms with Crippen molar-refractivity contribution >= 4 is 29.3 Å². The van der Waals surface area contributed by atoms with Crippen LogP contribution in [-0.4, -0.2) is 57.5 Å². The molecule has 2 aliphatic heterocycles. The fourth-order valence-electron chi connectivity index (χ4n) is 6.39. The molecule has 3 heterocycles. The zero-order valence-corrected chi connectivity index (χ0v) is 24.2. The van der Waals surface area contributed by atoms with Crippen LogP contribution in [0.25, 0.3) is 11.1 Å². The Morgan fingerprint density at radius 2 is 1.95 bits per heavy atom. The summed E-state index contributed by atoms with van der Waals surface area (Å²) < 4.78 is 49.3. The molecule has 9 nitrogen and oxygen atoms in total. The van der Waals surface area contributed by atoms with Crippen molar-refractivity contribution in [3.8, 4) is 17.0 Å². The summed E-state index contributed by atoms with van der Waals surface area (Å²) in [6.07, 6.45) is -4.55. The van der Waals surface area contributed by atoms with Crippen LogP contribution in [0.2, 0.25) is 5.02 Å². The number of nitrogens with two attached hydrogens (primary N) is 1. The maximum atomic E-state index is 14.6. The number of aliphatic hydroxyl groups is 1. The van der Waals surface area contributed by atoms with Gasteiger partial charge in [-0.15, -0.1) is 0 Å². The smallest absolute Gasteiger partial charge is 0.429 e. The third-order valence-corrected chi connectivity index (χ3v) is 8.74. The number of hydrogen-bond acceptors (Lipinski definition) is 8. The molecule has 230 valence electrons. The number of carboxylic acids is 1. The van der Waals surface area contributed by atoms with Gasteiger partial charge in [0.15, 0.2) is 0 Å². The van der Waals surface area contributed by atoms with Crippen molar-refractivity contribution in [3.63, 3.8) is 0 Å². The van der Waals surface area contributed by atoms with E-state index in [4.69, 9.17) is 22.1 Å². The van der Waals surface area contributed by atoms with Crippen LogP contribution in [0.5, 0.6) is 5.88 Å². The number of aliphatic carboxylic acids is 1. The second-order valence-electron chi connectivity index (χ2n) is 11.1. The van der Waals surface area contributed by atoms with E-state index < -0.39 is 24.3 Å². The lowest BCUT2D eigenvalue weighted by Gasteiger charge is -2.43. The lowest BCUT2D eigenvalue weighted by atomic mass is 9.71. The van der Waals surface area contributed by atoms with Gasteiger partial charge >= 0.3 is 12.1 Å². The van der Waals surface area contributed by atoms with Crippen molar-refractivity contribution in [1.29, 1.82) is 0 Å². The Balaban J connectivity index is 1.42. The third-order valence-electron chi connectivity index (χ3n) is 8.50. The van der Waals surface area contributed by atoms with Gasteiger partial charge in [0.1, 0.15) is 11.9 Å². The number of aromatic nitrogens is 2. The molecular formula is C30H33ClF3N5O4. The number of aliphatic hydroxyl groups excluding tert-OH is 1. The molecule has 2 aromatic carbocycles. The first-order valence-electron chi connectivity index (χ1n) is 14.0. The van der Waals surface area contributed by atoms with Gasteiger partial charge in [-0.25, -0.2) is 0 Å². The van der Waals surface area contributed by atoms with Gasteiger partial charge in [0.2, 0.25) is 17.9 Å². The van der Waals surface area contributed by atoms with Crippen molar-refractivity contribution in [2.75, 3.05) is 23.7 Å². The number of rotatable bonds is 8. The second-order valence-corrected chi connectivity index (χ2v) is 11.6. The van der Waals surface area contributed by atoms with Gasteiger partial charge in [-0.05, 0) is 66.0 Å². The monoisotopic (exact) mass is 619 g/mol. The normalized spacial score (nSPS) is 20.7. The van der Waals surface area contributed by atoms with Crippen LogP contribution in [0.1, 0.15) is 49.8 Å². The maximum Gasteiger partial charge on any atom is 0.429 e. The summed E-state index contributed by atoms with van der Waals surface area (Å²) in [7, 11) is 0. The molecule has 3 atom stereocenters. The highest BCUT2D eigenvalue weighted by Gasteiger charge is 2.50. The maximum absolute atomic E-state index is 14.6. The van der Waals surface area contributed by atoms with E-state index in [1.165, 1.54) is 24.3 Å². The minimum absolute atomic E-state index is 0.0595. The van der Waals surface area contributed by atoms with E-state index in [0.717, 1.165) is 6.42 Å². The minimum atomic E-state index is -4.83. The van der Waals surface area contributed by atoms with Gasteiger partial charge in [-0.1, -0.05) is 42.8 Å². The Morgan fingerprint density at radius 3 is 2.60 bits per heavy atom. The summed E-state index contributed by atoms with van der Waals surface area (Å²) in [6, 6.07) is 11.4. The van der Waals surface area contributed by atoms with E-state index in [0.29, 0.717) is 49.3 Å². The van der Waals surface area contributed by atoms with Crippen LogP contribution in [0, 0.1) is 5.41 Å². The number of ether oxygens (including phenoxy) is 1. The van der Waals surface area contributed by atoms with E-state index in [1.54, 1.807) is 24.3 Å². The van der Waals surface area contributed by atoms with Gasteiger partial charge < -0.3 is 30.9 Å². The summed E-state index contributed by atoms with van der Waals surface area (Å²) >= 11 is 6.19. The van der Waals surface area contributed by atoms with E-state index in [2.05, 4.69) is 15.3 Å². The fraction of sp³-hybridized carbons (Fsp3) is 0.433. The van der Waals surface area contributed by atoms with Gasteiger partial charge in [0.25, 0.3) is 0 Å². The average molecular weight is 620 g/mol. The number of nitrogen functional groups attached to an aromatic ring is 1. The van der Waals surface area contributed by atoms with Gasteiger partial charge in [0, 0.05) is 35.8 Å². The number of alkyl halides is 3. The SMILES string of the molecule is CC[C@@H]1NC(C(=O)O)CC12CCN(c1cc(O[C@H](c3ccc(Cl)cc3-c3cccc(CO)c3)C(F)(F)F)nc(N)n1)CC2. The van der Waals surface area contributed by atoms with Crippen LogP contribution < -0.4 is 20.7 Å². The zero-order valence-electron chi connectivity index (χ0n) is 23.4.